The number of fused-ring (bicyclic) bond motifs is 4. The first-order chi connectivity index (χ1) is 24.5. The number of ether oxygens (including phenoxy) is 1. The lowest BCUT2D eigenvalue weighted by molar-refractivity contribution is 0.0575. The van der Waals surface area contributed by atoms with Crippen molar-refractivity contribution in [1.29, 1.82) is 0 Å². The first kappa shape index (κ1) is 35.3. The lowest BCUT2D eigenvalue weighted by Gasteiger charge is -2.27. The fourth-order valence-electron chi connectivity index (χ4n) is 6.89. The number of nitrogens with zero attached hydrogens (tertiary/aromatic N) is 9. The number of hydrogen-bond donors (Lipinski definition) is 1. The number of carbonyl (C=O) groups excluding carboxylic acids is 1. The average molecular weight is 837 g/mol. The van der Waals surface area contributed by atoms with Crippen LogP contribution in [0.5, 0.6) is 0 Å². The van der Waals surface area contributed by atoms with Crippen LogP contribution in [0.25, 0.3) is 11.3 Å². The summed E-state index contributed by atoms with van der Waals surface area (Å²) in [5.41, 5.74) is 3.96. The number of nitrogens with one attached hydrogen (secondary N) is 1. The van der Waals surface area contributed by atoms with Crippen LogP contribution >= 0.6 is 43.5 Å². The summed E-state index contributed by atoms with van der Waals surface area (Å²) < 4.78 is 10.6. The van der Waals surface area contributed by atoms with E-state index in [0.717, 1.165) is 45.4 Å². The van der Waals surface area contributed by atoms with Crippen molar-refractivity contribution in [3.05, 3.63) is 104 Å². The molecule has 1 amide bonds. The predicted octanol–water partition coefficient (Wildman–Crippen LogP) is 8.88. The van der Waals surface area contributed by atoms with Gasteiger partial charge in [0.05, 0.1) is 27.9 Å². The molecule has 8 rings (SSSR count). The van der Waals surface area contributed by atoms with Crippen LogP contribution in [0.1, 0.15) is 69.2 Å². The van der Waals surface area contributed by atoms with Crippen LogP contribution in [-0.2, 0) is 17.8 Å². The van der Waals surface area contributed by atoms with E-state index < -0.39 is 11.7 Å². The van der Waals surface area contributed by atoms with E-state index in [1.807, 2.05) is 55.9 Å². The van der Waals surface area contributed by atoms with Crippen LogP contribution in [0, 0.1) is 11.8 Å². The van der Waals surface area contributed by atoms with E-state index >= 15 is 0 Å². The third-order valence-corrected chi connectivity index (χ3v) is 10.4. The van der Waals surface area contributed by atoms with E-state index in [-0.39, 0.29) is 11.7 Å². The Kier molecular flexibility index (Phi) is 10.3. The van der Waals surface area contributed by atoms with Crippen LogP contribution in [-0.4, -0.2) is 50.9 Å². The Morgan fingerprint density at radius 1 is 0.941 bits per heavy atom. The zero-order chi connectivity index (χ0) is 35.7. The van der Waals surface area contributed by atoms with Gasteiger partial charge in [-0.3, -0.25) is 14.9 Å². The van der Waals surface area contributed by atoms with E-state index in [4.69, 9.17) is 21.3 Å². The summed E-state index contributed by atoms with van der Waals surface area (Å²) in [6, 6.07) is 11.5. The van der Waals surface area contributed by atoms with Crippen molar-refractivity contribution in [2.45, 2.75) is 71.1 Å². The van der Waals surface area contributed by atoms with Gasteiger partial charge in [0.15, 0.2) is 11.3 Å². The molecule has 264 valence electrons. The molecule has 0 aliphatic heterocycles. The Bertz CT molecular complexity index is 2160. The van der Waals surface area contributed by atoms with Crippen molar-refractivity contribution in [2.75, 3.05) is 10.2 Å². The normalized spacial score (nSPS) is 18.1. The molecule has 3 atom stereocenters. The molecular formula is C36H37Br2ClN10O2. The molecule has 15 heteroatoms. The second kappa shape index (κ2) is 14.8. The van der Waals surface area contributed by atoms with E-state index in [9.17, 15) is 4.79 Å². The largest absolute Gasteiger partial charge is 0.443 e. The number of aromatic nitrogens is 8. The molecule has 51 heavy (non-hydrogen) atoms. The first-order valence-electron chi connectivity index (χ1n) is 16.8. The van der Waals surface area contributed by atoms with Gasteiger partial charge in [-0.05, 0) is 107 Å². The molecule has 6 aromatic rings. The summed E-state index contributed by atoms with van der Waals surface area (Å²) in [6.45, 7) is 6.41. The summed E-state index contributed by atoms with van der Waals surface area (Å²) in [5, 5.41) is 12.5. The van der Waals surface area contributed by atoms with Crippen LogP contribution in [0.4, 0.5) is 16.4 Å². The molecule has 2 fully saturated rings. The summed E-state index contributed by atoms with van der Waals surface area (Å²) in [5.74, 6) is 3.77. The monoisotopic (exact) mass is 834 g/mol. The van der Waals surface area contributed by atoms with Crippen LogP contribution in [0.3, 0.4) is 0 Å². The number of halogens is 3. The van der Waals surface area contributed by atoms with E-state index in [1.165, 1.54) is 40.8 Å². The zero-order valence-corrected chi connectivity index (χ0v) is 32.3. The summed E-state index contributed by atoms with van der Waals surface area (Å²) in [6.07, 6.45) is 15.4. The number of pyridine rings is 2. The highest BCUT2D eigenvalue weighted by molar-refractivity contribution is 9.11. The highest BCUT2D eigenvalue weighted by Gasteiger charge is 2.41. The van der Waals surface area contributed by atoms with Crippen LogP contribution < -0.4 is 10.2 Å². The van der Waals surface area contributed by atoms with E-state index in [0.29, 0.717) is 21.9 Å². The quantitative estimate of drug-likeness (QED) is 0.157. The van der Waals surface area contributed by atoms with Gasteiger partial charge in [0.2, 0.25) is 0 Å². The smallest absolute Gasteiger partial charge is 0.416 e. The fourth-order valence-corrected chi connectivity index (χ4v) is 7.76. The number of carbonyl (C=O) groups is 1. The molecule has 2 aliphatic carbocycles. The van der Waals surface area contributed by atoms with Crippen LogP contribution in [0.2, 0.25) is 5.15 Å². The number of rotatable bonds is 7. The van der Waals surface area contributed by atoms with Gasteiger partial charge in [-0.2, -0.15) is 19.2 Å². The standard InChI is InChI=1S/C19H20BrN5.C17H17BrClN5O2/c20-16-11-23-25-18(22-10-13-2-1-5-21-9-13)8-17(24-19(16)25)15-7-12-3-4-14(15)6-12;1-17(2,3)26-16(25)23(10-11-5-4-6-20-8-11)14-7-13(19)22-15-12(18)9-21-24(14)15/h1-2,5,8-9,11-12,14-15,22H,3-4,6-7,10H2;4-9H,10H2,1-3H3. The third-order valence-electron chi connectivity index (χ3n) is 9.10. The molecule has 12 nitrogen and oxygen atoms in total. The molecule has 1 N–H and O–H groups in total. The molecule has 0 spiro atoms. The molecule has 0 saturated heterocycles. The fraction of sp³-hybridized carbons (Fsp3) is 0.361. The van der Waals surface area contributed by atoms with Gasteiger partial charge in [0, 0.05) is 55.1 Å². The number of anilines is 2. The van der Waals surface area contributed by atoms with Gasteiger partial charge in [-0.15, -0.1) is 0 Å². The maximum Gasteiger partial charge on any atom is 0.416 e. The lowest BCUT2D eigenvalue weighted by Crippen LogP contribution is -2.37. The van der Waals surface area contributed by atoms with Crippen molar-refractivity contribution in [2.24, 2.45) is 11.8 Å². The van der Waals surface area contributed by atoms with Gasteiger partial charge in [0.1, 0.15) is 22.4 Å². The van der Waals surface area contributed by atoms with Gasteiger partial charge >= 0.3 is 6.09 Å². The number of hydrogen-bond acceptors (Lipinski definition) is 9. The molecule has 6 heterocycles. The topological polar surface area (TPSA) is 128 Å². The van der Waals surface area contributed by atoms with E-state index in [1.54, 1.807) is 30.9 Å². The third kappa shape index (κ3) is 8.02. The predicted molar refractivity (Wildman–Crippen MR) is 203 cm³/mol. The van der Waals surface area contributed by atoms with Crippen molar-refractivity contribution in [3.63, 3.8) is 0 Å². The average Bonchev–Trinajstić information content (AvgIpc) is 3.92. The van der Waals surface area contributed by atoms with Gasteiger partial charge in [0.25, 0.3) is 0 Å². The van der Waals surface area contributed by atoms with Crippen molar-refractivity contribution < 1.29 is 9.53 Å². The Morgan fingerprint density at radius 2 is 1.63 bits per heavy atom. The van der Waals surface area contributed by atoms with Crippen molar-refractivity contribution in [3.8, 4) is 0 Å². The Hall–Kier alpha value is -4.14. The maximum absolute atomic E-state index is 12.9. The van der Waals surface area contributed by atoms with E-state index in [2.05, 4.69) is 74.5 Å². The maximum atomic E-state index is 12.9. The molecular weight excluding hydrogens is 800 g/mol. The Morgan fingerprint density at radius 3 is 2.25 bits per heavy atom. The Labute approximate surface area is 317 Å². The minimum Gasteiger partial charge on any atom is -0.443 e. The highest BCUT2D eigenvalue weighted by atomic mass is 79.9. The first-order valence-corrected chi connectivity index (χ1v) is 18.7. The van der Waals surface area contributed by atoms with Crippen LogP contribution in [0.15, 0.2) is 82.5 Å². The van der Waals surface area contributed by atoms with Crippen molar-refractivity contribution in [1.82, 2.24) is 39.2 Å². The molecule has 0 aromatic carbocycles. The zero-order valence-electron chi connectivity index (χ0n) is 28.4. The minimum absolute atomic E-state index is 0.244. The molecule has 2 aliphatic rings. The van der Waals surface area contributed by atoms with Gasteiger partial charge in [-0.25, -0.2) is 14.8 Å². The summed E-state index contributed by atoms with van der Waals surface area (Å²) >= 11 is 13.2. The van der Waals surface area contributed by atoms with Crippen molar-refractivity contribution >= 4 is 72.5 Å². The SMILES string of the molecule is Brc1cnn2c(NCc3cccnc3)cc(C3CC4CCC3C4)nc12.CC(C)(C)OC(=O)N(Cc1cccnc1)c1cc(Cl)nc2c(Br)cnn12. The molecule has 2 saturated carbocycles. The number of amides is 1. The second-order valence-electron chi connectivity index (χ2n) is 13.9. The molecule has 2 bridgehead atoms. The van der Waals surface area contributed by atoms with Gasteiger partial charge < -0.3 is 10.1 Å². The van der Waals surface area contributed by atoms with Gasteiger partial charge in [-0.1, -0.05) is 30.2 Å². The lowest BCUT2D eigenvalue weighted by atomic mass is 9.86. The molecule has 0 radical (unpaired) electrons. The summed E-state index contributed by atoms with van der Waals surface area (Å²) in [7, 11) is 0. The minimum atomic E-state index is -0.648. The summed E-state index contributed by atoms with van der Waals surface area (Å²) in [4.78, 5) is 31.8. The second-order valence-corrected chi connectivity index (χ2v) is 16.0. The molecule has 6 aromatic heterocycles. The highest BCUT2D eigenvalue weighted by Crippen LogP contribution is 2.52. The molecule has 3 unspecified atom stereocenters. The Balaban J connectivity index is 0.000000159.